The Hall–Kier alpha value is -1.88. The molecule has 0 aromatic carbocycles. The minimum atomic E-state index is 0.0865. The van der Waals surface area contributed by atoms with Gasteiger partial charge in [0.2, 0.25) is 0 Å². The molecule has 0 bridgehead atoms. The van der Waals surface area contributed by atoms with Crippen molar-refractivity contribution in [2.45, 2.75) is 38.1 Å². The zero-order valence-corrected chi connectivity index (χ0v) is 13.4. The Kier molecular flexibility index (Phi) is 4.73. The van der Waals surface area contributed by atoms with Gasteiger partial charge in [-0.1, -0.05) is 6.07 Å². The summed E-state index contributed by atoms with van der Waals surface area (Å²) in [4.78, 5) is 20.2. The molecule has 2 aromatic rings. The van der Waals surface area contributed by atoms with Crippen molar-refractivity contribution in [3.8, 4) is 0 Å². The minimum Gasteiger partial charge on any atom is -0.384 e. The number of nitrogens with zero attached hydrogens (tertiary/aromatic N) is 2. The summed E-state index contributed by atoms with van der Waals surface area (Å²) in [6.45, 7) is 0.846. The number of hydrogen-bond acceptors (Lipinski definition) is 4. The Morgan fingerprint density at radius 1 is 1.36 bits per heavy atom. The minimum absolute atomic E-state index is 0.0865. The molecule has 0 aliphatic carbocycles. The number of aromatic nitrogens is 1. The standard InChI is InChI=1S/C17H21N3OS/c18-16-9-6-13(12-19-16)17(21)20-10-2-1-4-14(20)7-8-15-5-3-11-22-15/h3,5-6,9,11-12,14H,1-2,4,7-8,10H2,(H2,18,19)/t14-/m0/s1. The summed E-state index contributed by atoms with van der Waals surface area (Å²) < 4.78 is 0. The van der Waals surface area contributed by atoms with Crippen LogP contribution in [0.25, 0.3) is 0 Å². The Bertz CT molecular complexity index is 609. The van der Waals surface area contributed by atoms with Crippen molar-refractivity contribution in [3.63, 3.8) is 0 Å². The first-order chi connectivity index (χ1) is 10.7. The third-order valence-electron chi connectivity index (χ3n) is 4.23. The first-order valence-electron chi connectivity index (χ1n) is 7.79. The van der Waals surface area contributed by atoms with E-state index in [-0.39, 0.29) is 5.91 Å². The van der Waals surface area contributed by atoms with Gasteiger partial charge in [-0.25, -0.2) is 4.98 Å². The maximum atomic E-state index is 12.7. The molecule has 5 heteroatoms. The first kappa shape index (κ1) is 15.0. The van der Waals surface area contributed by atoms with E-state index in [2.05, 4.69) is 22.5 Å². The third kappa shape index (κ3) is 3.47. The van der Waals surface area contributed by atoms with E-state index in [1.807, 2.05) is 4.90 Å². The van der Waals surface area contributed by atoms with Crippen molar-refractivity contribution in [3.05, 3.63) is 46.3 Å². The summed E-state index contributed by atoms with van der Waals surface area (Å²) in [5, 5.41) is 2.11. The van der Waals surface area contributed by atoms with Crippen LogP contribution in [0.1, 0.15) is 40.9 Å². The van der Waals surface area contributed by atoms with Crippen molar-refractivity contribution in [2.75, 3.05) is 12.3 Å². The quantitative estimate of drug-likeness (QED) is 0.941. The number of hydrogen-bond donors (Lipinski definition) is 1. The molecule has 1 saturated heterocycles. The smallest absolute Gasteiger partial charge is 0.255 e. The maximum absolute atomic E-state index is 12.7. The summed E-state index contributed by atoms with van der Waals surface area (Å²) in [6, 6.07) is 8.06. The summed E-state index contributed by atoms with van der Waals surface area (Å²) in [5.74, 6) is 0.535. The fourth-order valence-corrected chi connectivity index (χ4v) is 3.75. The van der Waals surface area contributed by atoms with Crippen molar-refractivity contribution in [1.82, 2.24) is 9.88 Å². The molecule has 1 aliphatic heterocycles. The molecule has 0 unspecified atom stereocenters. The molecule has 3 heterocycles. The lowest BCUT2D eigenvalue weighted by Gasteiger charge is -2.36. The van der Waals surface area contributed by atoms with Gasteiger partial charge in [0.25, 0.3) is 5.91 Å². The molecule has 0 radical (unpaired) electrons. The highest BCUT2D eigenvalue weighted by Gasteiger charge is 2.27. The Morgan fingerprint density at radius 2 is 2.27 bits per heavy atom. The van der Waals surface area contributed by atoms with E-state index in [1.165, 1.54) is 11.3 Å². The second-order valence-corrected chi connectivity index (χ2v) is 6.77. The lowest BCUT2D eigenvalue weighted by molar-refractivity contribution is 0.0602. The van der Waals surface area contributed by atoms with Crippen LogP contribution in [0.3, 0.4) is 0 Å². The monoisotopic (exact) mass is 315 g/mol. The molecule has 1 atom stereocenters. The molecule has 4 nitrogen and oxygen atoms in total. The number of amides is 1. The van der Waals surface area contributed by atoms with Crippen LogP contribution in [0, 0.1) is 0 Å². The van der Waals surface area contributed by atoms with Gasteiger partial charge >= 0.3 is 0 Å². The van der Waals surface area contributed by atoms with Gasteiger partial charge in [0, 0.05) is 23.7 Å². The van der Waals surface area contributed by atoms with Crippen LogP contribution in [0.2, 0.25) is 0 Å². The van der Waals surface area contributed by atoms with Crippen LogP contribution in [0.15, 0.2) is 35.8 Å². The number of carbonyl (C=O) groups is 1. The van der Waals surface area contributed by atoms with Crippen LogP contribution in [0.4, 0.5) is 5.82 Å². The van der Waals surface area contributed by atoms with E-state index < -0.39 is 0 Å². The molecular formula is C17H21N3OS. The van der Waals surface area contributed by atoms with E-state index in [1.54, 1.807) is 29.7 Å². The normalized spacial score (nSPS) is 18.4. The molecule has 1 amide bonds. The number of aryl methyl sites for hydroxylation is 1. The predicted molar refractivity (Wildman–Crippen MR) is 90.0 cm³/mol. The highest BCUT2D eigenvalue weighted by Crippen LogP contribution is 2.24. The molecule has 0 spiro atoms. The Morgan fingerprint density at radius 3 is 3.00 bits per heavy atom. The van der Waals surface area contributed by atoms with Crippen molar-refractivity contribution in [1.29, 1.82) is 0 Å². The number of pyridine rings is 1. The number of thiophene rings is 1. The third-order valence-corrected chi connectivity index (χ3v) is 5.16. The average molecular weight is 315 g/mol. The highest BCUT2D eigenvalue weighted by molar-refractivity contribution is 7.09. The fraction of sp³-hybridized carbons (Fsp3) is 0.412. The SMILES string of the molecule is Nc1ccc(C(=O)N2CCCC[C@H]2CCc2cccs2)cn1. The lowest BCUT2D eigenvalue weighted by atomic mass is 9.96. The van der Waals surface area contributed by atoms with Crippen molar-refractivity contribution in [2.24, 2.45) is 0 Å². The topological polar surface area (TPSA) is 59.2 Å². The maximum Gasteiger partial charge on any atom is 0.255 e. The number of carbonyl (C=O) groups excluding carboxylic acids is 1. The predicted octanol–water partition coefficient (Wildman–Crippen LogP) is 3.35. The summed E-state index contributed by atoms with van der Waals surface area (Å²) >= 11 is 1.79. The second kappa shape index (κ2) is 6.92. The van der Waals surface area contributed by atoms with E-state index >= 15 is 0 Å². The van der Waals surface area contributed by atoms with Gasteiger partial charge in [-0.15, -0.1) is 11.3 Å². The molecule has 116 valence electrons. The van der Waals surface area contributed by atoms with Gasteiger partial charge in [-0.05, 0) is 55.7 Å². The Balaban J connectivity index is 1.68. The van der Waals surface area contributed by atoms with Crippen LogP contribution >= 0.6 is 11.3 Å². The second-order valence-electron chi connectivity index (χ2n) is 5.74. The van der Waals surface area contributed by atoms with Crippen LogP contribution in [-0.4, -0.2) is 28.4 Å². The fourth-order valence-electron chi connectivity index (χ4n) is 3.03. The molecule has 22 heavy (non-hydrogen) atoms. The van der Waals surface area contributed by atoms with E-state index in [0.717, 1.165) is 32.2 Å². The molecule has 1 aliphatic rings. The number of piperidine rings is 1. The molecule has 1 fully saturated rings. The van der Waals surface area contributed by atoms with E-state index in [0.29, 0.717) is 17.4 Å². The van der Waals surface area contributed by atoms with Crippen LogP contribution in [0.5, 0.6) is 0 Å². The van der Waals surface area contributed by atoms with Gasteiger partial charge < -0.3 is 10.6 Å². The van der Waals surface area contributed by atoms with Gasteiger partial charge in [-0.2, -0.15) is 0 Å². The van der Waals surface area contributed by atoms with Gasteiger partial charge in [0.1, 0.15) is 5.82 Å². The van der Waals surface area contributed by atoms with E-state index in [4.69, 9.17) is 5.73 Å². The Labute approximate surface area is 135 Å². The zero-order chi connectivity index (χ0) is 15.4. The number of nitrogens with two attached hydrogens (primary N) is 1. The number of rotatable bonds is 4. The molecule has 2 N–H and O–H groups in total. The first-order valence-corrected chi connectivity index (χ1v) is 8.67. The zero-order valence-electron chi connectivity index (χ0n) is 12.6. The summed E-state index contributed by atoms with van der Waals surface area (Å²) in [7, 11) is 0. The van der Waals surface area contributed by atoms with Crippen molar-refractivity contribution >= 4 is 23.1 Å². The molecule has 3 rings (SSSR count). The molecule has 2 aromatic heterocycles. The van der Waals surface area contributed by atoms with E-state index in [9.17, 15) is 4.79 Å². The van der Waals surface area contributed by atoms with Gasteiger partial charge in [-0.3, -0.25) is 4.79 Å². The number of nitrogen functional groups attached to an aromatic ring is 1. The highest BCUT2D eigenvalue weighted by atomic mass is 32.1. The largest absolute Gasteiger partial charge is 0.384 e. The van der Waals surface area contributed by atoms with Crippen LogP contribution in [-0.2, 0) is 6.42 Å². The van der Waals surface area contributed by atoms with Crippen LogP contribution < -0.4 is 5.73 Å². The molecular weight excluding hydrogens is 294 g/mol. The summed E-state index contributed by atoms with van der Waals surface area (Å²) in [5.41, 5.74) is 6.24. The van der Waals surface area contributed by atoms with Crippen molar-refractivity contribution < 1.29 is 4.79 Å². The van der Waals surface area contributed by atoms with Gasteiger partial charge in [0.05, 0.1) is 5.56 Å². The average Bonchev–Trinajstić information content (AvgIpc) is 3.07. The summed E-state index contributed by atoms with van der Waals surface area (Å²) in [6.07, 6.45) is 7.06. The molecule has 0 saturated carbocycles. The number of likely N-dealkylation sites (tertiary alicyclic amines) is 1. The lowest BCUT2D eigenvalue weighted by Crippen LogP contribution is -2.44. The number of anilines is 1. The van der Waals surface area contributed by atoms with Gasteiger partial charge in [0.15, 0.2) is 0 Å².